The van der Waals surface area contributed by atoms with E-state index in [1.54, 1.807) is 9.80 Å². The molecule has 0 spiro atoms. The number of hydrogen-bond acceptors (Lipinski definition) is 10. The van der Waals surface area contributed by atoms with Gasteiger partial charge in [0.25, 0.3) is 0 Å². The van der Waals surface area contributed by atoms with Crippen LogP contribution in [0.25, 0.3) is 0 Å². The van der Waals surface area contributed by atoms with Gasteiger partial charge in [0.15, 0.2) is 0 Å². The normalized spacial score (nSPS) is 34.2. The second kappa shape index (κ2) is 19.7. The van der Waals surface area contributed by atoms with Gasteiger partial charge in [-0.25, -0.2) is 0 Å². The highest BCUT2D eigenvalue weighted by Crippen LogP contribution is 2.68. The smallest absolute Gasteiger partial charge is 0.317 e. The summed E-state index contributed by atoms with van der Waals surface area (Å²) in [6.45, 7) is 9.99. The van der Waals surface area contributed by atoms with Crippen LogP contribution < -0.4 is 10.6 Å². The lowest BCUT2D eigenvalue weighted by molar-refractivity contribution is -0.174. The topological polar surface area (TPSA) is 203 Å². The van der Waals surface area contributed by atoms with Crippen molar-refractivity contribution in [2.75, 3.05) is 70.8 Å². The summed E-state index contributed by atoms with van der Waals surface area (Å²) in [7, 11) is 0. The Bertz CT molecular complexity index is 1590. The number of fused-ring (bicyclic) bond motifs is 5. The summed E-state index contributed by atoms with van der Waals surface area (Å²) in [4.78, 5) is 53.6. The standard InChI is InChI=1S/C45H71N5O9/c1-29(36-11-12-37-35-10-7-31-23-34(51)14-15-44(31,2)38(35)24-39(52)45(36,37)3)4-13-40(53)47-32-8-5-30(6-9-32)22-33(46-25-41(54)55)26-48-16-18-49(27-42(56)57)20-21-50(19-17-48)28-43(58)59/h5-6,8-9,29,31,33-39,46,51-52H,4,7,10-28H2,1-3H3,(H,47,53)(H,54,55)(H,56,57)(H,58,59)/t29?,31?,33?,34-,35?,36-,37?,38?,39+,44+,45-/m1/s1. The molecule has 1 aromatic carbocycles. The second-order valence-corrected chi connectivity index (χ2v) is 19.5. The first-order chi connectivity index (χ1) is 28.0. The number of amides is 1. The molecule has 4 aliphatic carbocycles. The lowest BCUT2D eigenvalue weighted by Crippen LogP contribution is -2.58. The number of rotatable bonds is 16. The molecule has 0 radical (unpaired) electrons. The van der Waals surface area contributed by atoms with Crippen molar-refractivity contribution in [1.82, 2.24) is 20.0 Å². The van der Waals surface area contributed by atoms with Gasteiger partial charge in [-0.2, -0.15) is 0 Å². The van der Waals surface area contributed by atoms with Crippen LogP contribution in [0.15, 0.2) is 24.3 Å². The Morgan fingerprint density at radius 3 is 2.02 bits per heavy atom. The van der Waals surface area contributed by atoms with Crippen LogP contribution in [0.1, 0.15) is 90.5 Å². The predicted molar refractivity (Wildman–Crippen MR) is 224 cm³/mol. The summed E-state index contributed by atoms with van der Waals surface area (Å²) in [5.74, 6) is -0.0338. The van der Waals surface area contributed by atoms with E-state index in [-0.39, 0.29) is 54.6 Å². The van der Waals surface area contributed by atoms with Gasteiger partial charge in [0.2, 0.25) is 5.91 Å². The maximum atomic E-state index is 13.3. The maximum Gasteiger partial charge on any atom is 0.317 e. The molecule has 5 aliphatic rings. The lowest BCUT2D eigenvalue weighted by atomic mass is 9.43. The third-order valence-electron chi connectivity index (χ3n) is 16.0. The lowest BCUT2D eigenvalue weighted by Gasteiger charge is -2.62. The van der Waals surface area contributed by atoms with Crippen LogP contribution in [-0.4, -0.2) is 148 Å². The molecule has 330 valence electrons. The number of aliphatic hydroxyl groups is 2. The van der Waals surface area contributed by atoms with Crippen molar-refractivity contribution in [1.29, 1.82) is 0 Å². The minimum absolute atomic E-state index is 0.0397. The van der Waals surface area contributed by atoms with E-state index in [1.807, 2.05) is 24.3 Å². The highest BCUT2D eigenvalue weighted by Gasteiger charge is 2.63. The molecule has 4 saturated carbocycles. The molecule has 7 N–H and O–H groups in total. The fourth-order valence-electron chi connectivity index (χ4n) is 12.8. The van der Waals surface area contributed by atoms with Gasteiger partial charge in [0.1, 0.15) is 0 Å². The first kappa shape index (κ1) is 45.4. The van der Waals surface area contributed by atoms with Gasteiger partial charge >= 0.3 is 17.9 Å². The number of anilines is 1. The quantitative estimate of drug-likeness (QED) is 0.127. The van der Waals surface area contributed by atoms with E-state index < -0.39 is 17.9 Å². The van der Waals surface area contributed by atoms with Crippen molar-refractivity contribution in [3.05, 3.63) is 29.8 Å². The van der Waals surface area contributed by atoms with Crippen LogP contribution in [0.5, 0.6) is 0 Å². The van der Waals surface area contributed by atoms with Crippen LogP contribution >= 0.6 is 0 Å². The summed E-state index contributed by atoms with van der Waals surface area (Å²) in [6.07, 6.45) is 9.49. The molecular formula is C45H71N5O9. The molecule has 1 amide bonds. The van der Waals surface area contributed by atoms with Crippen molar-refractivity contribution < 1.29 is 44.7 Å². The number of benzene rings is 1. The van der Waals surface area contributed by atoms with Crippen LogP contribution in [0.4, 0.5) is 5.69 Å². The Hall–Kier alpha value is -3.14. The first-order valence-electron chi connectivity index (χ1n) is 22.4. The van der Waals surface area contributed by atoms with Crippen molar-refractivity contribution >= 4 is 29.5 Å². The van der Waals surface area contributed by atoms with Crippen molar-refractivity contribution in [2.24, 2.45) is 46.3 Å². The Labute approximate surface area is 350 Å². The Kier molecular flexibility index (Phi) is 15.2. The molecule has 0 bridgehead atoms. The Morgan fingerprint density at radius 1 is 0.780 bits per heavy atom. The van der Waals surface area contributed by atoms with Crippen molar-refractivity contribution in [2.45, 2.75) is 110 Å². The highest BCUT2D eigenvalue weighted by atomic mass is 16.4. The fraction of sp³-hybridized carbons (Fsp3) is 0.778. The molecule has 59 heavy (non-hydrogen) atoms. The number of aliphatic hydroxyl groups excluding tert-OH is 2. The maximum absolute atomic E-state index is 13.3. The largest absolute Gasteiger partial charge is 0.480 e. The zero-order chi connectivity index (χ0) is 42.5. The number of carbonyl (C=O) groups excluding carboxylic acids is 1. The Balaban J connectivity index is 1.01. The first-order valence-corrected chi connectivity index (χ1v) is 22.4. The average Bonchev–Trinajstić information content (AvgIpc) is 3.58. The van der Waals surface area contributed by atoms with E-state index in [2.05, 4.69) is 36.3 Å². The summed E-state index contributed by atoms with van der Waals surface area (Å²) < 4.78 is 0. The molecule has 1 saturated heterocycles. The molecule has 1 aromatic rings. The van der Waals surface area contributed by atoms with Gasteiger partial charge in [-0.1, -0.05) is 32.9 Å². The van der Waals surface area contributed by atoms with Crippen LogP contribution in [0.2, 0.25) is 0 Å². The molecule has 6 unspecified atom stereocenters. The zero-order valence-corrected chi connectivity index (χ0v) is 35.6. The minimum atomic E-state index is -0.976. The average molecular weight is 826 g/mol. The van der Waals surface area contributed by atoms with Gasteiger partial charge in [-0.15, -0.1) is 0 Å². The third-order valence-corrected chi connectivity index (χ3v) is 16.0. The molecule has 6 rings (SSSR count). The summed E-state index contributed by atoms with van der Waals surface area (Å²) in [5, 5.41) is 56.9. The van der Waals surface area contributed by atoms with E-state index in [1.165, 1.54) is 12.8 Å². The number of aliphatic carboxylic acids is 3. The molecule has 11 atom stereocenters. The summed E-state index contributed by atoms with van der Waals surface area (Å²) in [6, 6.07) is 7.38. The molecular weight excluding hydrogens is 755 g/mol. The number of carboxylic acids is 3. The second-order valence-electron chi connectivity index (χ2n) is 19.5. The number of hydrogen-bond donors (Lipinski definition) is 7. The third kappa shape index (κ3) is 11.0. The molecule has 1 aliphatic heterocycles. The van der Waals surface area contributed by atoms with E-state index in [0.717, 1.165) is 50.5 Å². The molecule has 1 heterocycles. The molecule has 0 aromatic heterocycles. The van der Waals surface area contributed by atoms with Gasteiger partial charge in [-0.3, -0.25) is 33.9 Å². The molecule has 14 heteroatoms. The SMILES string of the molecule is CC(CCC(=O)Nc1ccc(CC(CN2CCN(CC(=O)O)CCN(CC(=O)O)CC2)NCC(=O)O)cc1)[C@H]1CCC2C3CCC4C[C@H](O)CC[C@]4(C)C3C[C@H](O)[C@@]21C. The van der Waals surface area contributed by atoms with Gasteiger partial charge in [0, 0.05) is 64.0 Å². The zero-order valence-electron chi connectivity index (χ0n) is 35.6. The monoisotopic (exact) mass is 826 g/mol. The van der Waals surface area contributed by atoms with Gasteiger partial charge in [-0.05, 0) is 128 Å². The van der Waals surface area contributed by atoms with Gasteiger partial charge in [0.05, 0.1) is 31.8 Å². The fourth-order valence-corrected chi connectivity index (χ4v) is 12.8. The number of carbonyl (C=O) groups is 4. The number of carboxylic acid groups (broad SMARTS) is 3. The van der Waals surface area contributed by atoms with Crippen molar-refractivity contribution in [3.63, 3.8) is 0 Å². The predicted octanol–water partition coefficient (Wildman–Crippen LogP) is 3.71. The summed E-state index contributed by atoms with van der Waals surface area (Å²) in [5.41, 5.74) is 1.72. The van der Waals surface area contributed by atoms with E-state index in [0.29, 0.717) is 99.8 Å². The molecule has 5 fully saturated rings. The van der Waals surface area contributed by atoms with Crippen LogP contribution in [-0.2, 0) is 25.6 Å². The van der Waals surface area contributed by atoms with E-state index >= 15 is 0 Å². The number of nitrogens with one attached hydrogen (secondary N) is 2. The number of nitrogens with zero attached hydrogens (tertiary/aromatic N) is 3. The minimum Gasteiger partial charge on any atom is -0.480 e. The van der Waals surface area contributed by atoms with E-state index in [9.17, 15) is 44.7 Å². The van der Waals surface area contributed by atoms with Crippen molar-refractivity contribution in [3.8, 4) is 0 Å². The molecule has 14 nitrogen and oxygen atoms in total. The summed E-state index contributed by atoms with van der Waals surface area (Å²) >= 11 is 0. The van der Waals surface area contributed by atoms with Gasteiger partial charge < -0.3 is 36.2 Å². The van der Waals surface area contributed by atoms with Crippen LogP contribution in [0, 0.1) is 46.3 Å². The highest BCUT2D eigenvalue weighted by molar-refractivity contribution is 5.90. The van der Waals surface area contributed by atoms with E-state index in [4.69, 9.17) is 0 Å². The Morgan fingerprint density at radius 2 is 1.41 bits per heavy atom. The van der Waals surface area contributed by atoms with Crippen LogP contribution in [0.3, 0.4) is 0 Å².